The number of hydrogen-bond donors (Lipinski definition) is 3. The number of benzene rings is 3. The highest BCUT2D eigenvalue weighted by Gasteiger charge is 2.41. The van der Waals surface area contributed by atoms with Crippen LogP contribution in [0.5, 0.6) is 0 Å². The van der Waals surface area contributed by atoms with Crippen LogP contribution in [0, 0.1) is 25.6 Å². The lowest BCUT2D eigenvalue weighted by atomic mass is 9.83. The molecule has 3 aromatic rings. The van der Waals surface area contributed by atoms with Crippen LogP contribution >= 0.6 is 7.82 Å². The van der Waals surface area contributed by atoms with Crippen LogP contribution in [-0.2, 0) is 24.8 Å². The van der Waals surface area contributed by atoms with Crippen LogP contribution in [0.3, 0.4) is 0 Å². The van der Waals surface area contributed by atoms with E-state index in [1.165, 1.54) is 34.9 Å². The average molecular weight is 736 g/mol. The third-order valence-corrected chi connectivity index (χ3v) is 9.72. The molecule has 3 N–H and O–H groups in total. The second-order valence-corrected chi connectivity index (χ2v) is 13.9. The van der Waals surface area contributed by atoms with Crippen molar-refractivity contribution in [1.29, 1.82) is 0 Å². The van der Waals surface area contributed by atoms with Crippen LogP contribution in [-0.4, -0.2) is 52.0 Å². The molecule has 0 spiro atoms. The van der Waals surface area contributed by atoms with E-state index in [1.54, 1.807) is 37.3 Å². The first kappa shape index (κ1) is 37.9. The van der Waals surface area contributed by atoms with E-state index in [2.05, 4.69) is 9.84 Å². The first-order valence-corrected chi connectivity index (χ1v) is 17.9. The molecule has 11 nitrogen and oxygen atoms in total. The molecule has 51 heavy (non-hydrogen) atoms. The van der Waals surface area contributed by atoms with E-state index in [1.807, 2.05) is 0 Å². The molecule has 3 amide bonds. The molecule has 1 heterocycles. The smallest absolute Gasteiger partial charge is 0.421 e. The number of piperidine rings is 1. The van der Waals surface area contributed by atoms with Crippen LogP contribution in [0.25, 0.3) is 0 Å². The summed E-state index contributed by atoms with van der Waals surface area (Å²) >= 11 is 0. The summed E-state index contributed by atoms with van der Waals surface area (Å²) in [4.78, 5) is 61.8. The number of nitrogens with one attached hydrogen (secondary N) is 1. The average Bonchev–Trinajstić information content (AvgIpc) is 3.59. The lowest BCUT2D eigenvalue weighted by Gasteiger charge is -2.41. The number of halogens is 4. The maximum Gasteiger partial charge on any atom is 0.472 e. The number of rotatable bonds is 9. The number of phosphoric acid groups is 1. The van der Waals surface area contributed by atoms with Gasteiger partial charge in [-0.2, -0.15) is 13.2 Å². The Morgan fingerprint density at radius 2 is 1.65 bits per heavy atom. The van der Waals surface area contributed by atoms with E-state index >= 15 is 4.39 Å². The van der Waals surface area contributed by atoms with Crippen molar-refractivity contribution >= 4 is 37.1 Å². The van der Waals surface area contributed by atoms with Gasteiger partial charge >= 0.3 is 20.1 Å². The molecule has 1 saturated heterocycles. The van der Waals surface area contributed by atoms with Crippen molar-refractivity contribution < 1.29 is 55.6 Å². The largest absolute Gasteiger partial charge is 0.472 e. The van der Waals surface area contributed by atoms with E-state index in [9.17, 15) is 32.1 Å². The van der Waals surface area contributed by atoms with Gasteiger partial charge in [0.15, 0.2) is 0 Å². The molecule has 2 atom stereocenters. The Morgan fingerprint density at radius 3 is 2.27 bits per heavy atom. The second kappa shape index (κ2) is 15.5. The number of anilines is 2. The third kappa shape index (κ3) is 8.96. The van der Waals surface area contributed by atoms with Gasteiger partial charge in [-0.3, -0.25) is 14.5 Å². The van der Waals surface area contributed by atoms with Crippen LogP contribution in [0.1, 0.15) is 77.2 Å². The Kier molecular flexibility index (Phi) is 11.5. The molecular formula is C35H38F4N3O8P. The number of nitrogens with zero attached hydrogens (tertiary/aromatic N) is 2. The van der Waals surface area contributed by atoms with Gasteiger partial charge in [0.25, 0.3) is 5.91 Å². The fourth-order valence-corrected chi connectivity index (χ4v) is 7.06. The van der Waals surface area contributed by atoms with E-state index in [0.717, 1.165) is 25.0 Å². The predicted octanol–water partition coefficient (Wildman–Crippen LogP) is 7.65. The molecule has 16 heteroatoms. The first-order valence-electron chi connectivity index (χ1n) is 16.4. The zero-order valence-electron chi connectivity index (χ0n) is 27.9. The molecule has 1 aliphatic heterocycles. The highest BCUT2D eigenvalue weighted by molar-refractivity contribution is 7.46. The fourth-order valence-electron chi connectivity index (χ4n) is 6.87. The molecule has 0 radical (unpaired) electrons. The Hall–Kier alpha value is -4.30. The number of amides is 3. The zero-order chi connectivity index (χ0) is 37.1. The normalized spacial score (nSPS) is 18.4. The first-order chi connectivity index (χ1) is 24.0. The van der Waals surface area contributed by atoms with Crippen LogP contribution in [0.15, 0.2) is 60.7 Å². The van der Waals surface area contributed by atoms with E-state index in [-0.39, 0.29) is 35.8 Å². The lowest BCUT2D eigenvalue weighted by molar-refractivity contribution is -0.138. The molecule has 1 saturated carbocycles. The second-order valence-electron chi connectivity index (χ2n) is 12.7. The minimum atomic E-state index is -4.90. The fraction of sp³-hybridized carbons (Fsp3) is 0.400. The monoisotopic (exact) mass is 735 g/mol. The molecule has 0 bridgehead atoms. The van der Waals surface area contributed by atoms with Crippen molar-refractivity contribution in [1.82, 2.24) is 4.90 Å². The van der Waals surface area contributed by atoms with E-state index in [0.29, 0.717) is 36.1 Å². The highest BCUT2D eigenvalue weighted by atomic mass is 31.2. The number of likely N-dealkylation sites (tertiary alicyclic amines) is 1. The Bertz CT molecular complexity index is 1790. The van der Waals surface area contributed by atoms with Gasteiger partial charge in [0.2, 0.25) is 12.7 Å². The van der Waals surface area contributed by atoms with Crippen LogP contribution in [0.4, 0.5) is 33.7 Å². The zero-order valence-corrected chi connectivity index (χ0v) is 28.8. The maximum atomic E-state index is 15.1. The summed E-state index contributed by atoms with van der Waals surface area (Å²) in [6.45, 7) is 2.07. The molecule has 0 unspecified atom stereocenters. The van der Waals surface area contributed by atoms with Crippen molar-refractivity contribution in [2.75, 3.05) is 23.6 Å². The summed E-state index contributed by atoms with van der Waals surface area (Å²) in [5.41, 5.74) is 0.0410. The van der Waals surface area contributed by atoms with Crippen LogP contribution < -0.4 is 10.2 Å². The number of carbonyl (C=O) groups is 3. The lowest BCUT2D eigenvalue weighted by Crippen LogP contribution is -2.47. The molecule has 2 aliphatic rings. The maximum absolute atomic E-state index is 15.1. The SMILES string of the molecule is Cc1ccc(NC(=O)[C@H]2CCCN(C(=O)c3c(C)cccc3F)[C@H]2c2ccc(N(C(=O)OCOP(=O)(O)O)C3CCCC3)cc2)cc1C(F)(F)F. The van der Waals surface area contributed by atoms with Gasteiger partial charge < -0.3 is 24.7 Å². The summed E-state index contributed by atoms with van der Waals surface area (Å²) in [5.74, 6) is -3.00. The number of aryl methyl sites for hydroxylation is 2. The van der Waals surface area contributed by atoms with Crippen molar-refractivity contribution in [2.24, 2.45) is 5.92 Å². The van der Waals surface area contributed by atoms with Crippen molar-refractivity contribution in [3.63, 3.8) is 0 Å². The van der Waals surface area contributed by atoms with Gasteiger partial charge in [-0.25, -0.2) is 18.3 Å². The predicted molar refractivity (Wildman–Crippen MR) is 178 cm³/mol. The van der Waals surface area contributed by atoms with Gasteiger partial charge in [-0.05, 0) is 86.6 Å². The van der Waals surface area contributed by atoms with Gasteiger partial charge in [-0.15, -0.1) is 0 Å². The van der Waals surface area contributed by atoms with Gasteiger partial charge in [-0.1, -0.05) is 43.2 Å². The summed E-state index contributed by atoms with van der Waals surface area (Å²) in [5, 5.41) is 2.60. The topological polar surface area (TPSA) is 146 Å². The Balaban J connectivity index is 1.50. The van der Waals surface area contributed by atoms with Crippen molar-refractivity contribution in [3.05, 3.63) is 94.3 Å². The molecule has 274 valence electrons. The summed E-state index contributed by atoms with van der Waals surface area (Å²) in [6, 6.07) is 12.8. The third-order valence-electron chi connectivity index (χ3n) is 9.28. The minimum Gasteiger partial charge on any atom is -0.421 e. The molecule has 0 aromatic heterocycles. The summed E-state index contributed by atoms with van der Waals surface area (Å²) < 4.78 is 76.5. The number of alkyl halides is 3. The molecule has 2 fully saturated rings. The minimum absolute atomic E-state index is 0.0157. The Labute approximate surface area is 291 Å². The number of carbonyl (C=O) groups excluding carboxylic acids is 3. The summed E-state index contributed by atoms with van der Waals surface area (Å²) in [7, 11) is -4.90. The standard InChI is InChI=1S/C35H38F4N3O8P/c1-21-12-15-24(19-28(21)35(37,38)39)40-32(43)27-10-6-18-41(33(44)30-22(2)7-5-11-29(30)36)31(27)23-13-16-26(17-14-23)42(25-8-3-4-9-25)34(45)49-20-50-51(46,47)48/h5,7,11-17,19,25,27,31H,3-4,6,8-10,18,20H2,1-2H3,(H,40,43)(H2,46,47,48)/t27-,31-/m0/s1. The molecular weight excluding hydrogens is 697 g/mol. The number of ether oxygens (including phenoxy) is 1. The van der Waals surface area contributed by atoms with Gasteiger partial charge in [0.05, 0.1) is 23.1 Å². The van der Waals surface area contributed by atoms with Crippen molar-refractivity contribution in [3.8, 4) is 0 Å². The molecule has 5 rings (SSSR count). The number of phosphoric ester groups is 1. The molecule has 3 aromatic carbocycles. The van der Waals surface area contributed by atoms with E-state index < -0.39 is 62.0 Å². The van der Waals surface area contributed by atoms with E-state index in [4.69, 9.17) is 14.5 Å². The quantitative estimate of drug-likeness (QED) is 0.116. The Morgan fingerprint density at radius 1 is 0.961 bits per heavy atom. The van der Waals surface area contributed by atoms with Crippen LogP contribution in [0.2, 0.25) is 0 Å². The highest BCUT2D eigenvalue weighted by Crippen LogP contribution is 2.41. The van der Waals surface area contributed by atoms with Gasteiger partial charge in [0.1, 0.15) is 5.82 Å². The van der Waals surface area contributed by atoms with Gasteiger partial charge in [0, 0.05) is 24.0 Å². The molecule has 1 aliphatic carbocycles. The van der Waals surface area contributed by atoms with Crippen molar-refractivity contribution in [2.45, 2.75) is 70.6 Å². The summed E-state index contributed by atoms with van der Waals surface area (Å²) in [6.07, 6.45) is -1.99. The number of hydrogen-bond acceptors (Lipinski definition) is 6.